The molecular weight excluding hydrogens is 170 g/mol. The van der Waals surface area contributed by atoms with Gasteiger partial charge in [-0.25, -0.2) is 0 Å². The summed E-state index contributed by atoms with van der Waals surface area (Å²) in [6.07, 6.45) is 1.42. The fraction of sp³-hybridized carbons (Fsp3) is 0. The van der Waals surface area contributed by atoms with Gasteiger partial charge in [0.2, 0.25) is 0 Å². The lowest BCUT2D eigenvalue weighted by Gasteiger charge is -2.03. The second-order valence-corrected chi connectivity index (χ2v) is 2.42. The van der Waals surface area contributed by atoms with Crippen LogP contribution < -0.4 is 5.73 Å². The van der Waals surface area contributed by atoms with Gasteiger partial charge in [0.1, 0.15) is 0 Å². The molecule has 66 valence electrons. The highest BCUT2D eigenvalue weighted by atomic mass is 16.1. The molecule has 0 amide bonds. The summed E-state index contributed by atoms with van der Waals surface area (Å²) in [5.74, 6) is 0. The van der Waals surface area contributed by atoms with Gasteiger partial charge in [-0.2, -0.15) is 0 Å². The minimum atomic E-state index is 0.0463. The van der Waals surface area contributed by atoms with E-state index >= 15 is 0 Å². The molecule has 0 saturated heterocycles. The molecule has 0 aliphatic rings. The van der Waals surface area contributed by atoms with Crippen LogP contribution in [-0.2, 0) is 0 Å². The molecule has 0 aliphatic carbocycles. The quantitative estimate of drug-likeness (QED) is 0.544. The zero-order valence-corrected chi connectivity index (χ0v) is 6.69. The van der Waals surface area contributed by atoms with E-state index in [-0.39, 0.29) is 22.4 Å². The first kappa shape index (κ1) is 9.12. The number of carbonyl (C=O) groups is 3. The average molecular weight is 177 g/mol. The third kappa shape index (κ3) is 1.46. The average Bonchev–Trinajstić information content (AvgIpc) is 2.17. The van der Waals surface area contributed by atoms with Crippen molar-refractivity contribution >= 4 is 24.5 Å². The van der Waals surface area contributed by atoms with Gasteiger partial charge < -0.3 is 5.73 Å². The highest BCUT2D eigenvalue weighted by Crippen LogP contribution is 2.16. The fourth-order valence-corrected chi connectivity index (χ4v) is 1.04. The molecule has 0 radical (unpaired) electrons. The zero-order chi connectivity index (χ0) is 9.84. The lowest BCUT2D eigenvalue weighted by atomic mass is 10.0. The second kappa shape index (κ2) is 3.62. The number of rotatable bonds is 3. The second-order valence-electron chi connectivity index (χ2n) is 2.42. The zero-order valence-electron chi connectivity index (χ0n) is 6.69. The number of nitrogen functional groups attached to an aromatic ring is 1. The number of carbonyl (C=O) groups excluding carboxylic acids is 3. The smallest absolute Gasteiger partial charge is 0.152 e. The number of benzene rings is 1. The third-order valence-electron chi connectivity index (χ3n) is 1.72. The number of anilines is 1. The Balaban J connectivity index is 3.53. The standard InChI is InChI=1S/C9H7NO3/c10-9-2-1-6(3-11)7(4-12)8(9)5-13/h1-5H,10H2. The third-order valence-corrected chi connectivity index (χ3v) is 1.72. The lowest BCUT2D eigenvalue weighted by Crippen LogP contribution is -2.02. The fourth-order valence-electron chi connectivity index (χ4n) is 1.04. The van der Waals surface area contributed by atoms with E-state index in [0.717, 1.165) is 0 Å². The Morgan fingerprint density at radius 2 is 1.54 bits per heavy atom. The van der Waals surface area contributed by atoms with Crippen molar-refractivity contribution in [1.82, 2.24) is 0 Å². The SMILES string of the molecule is Nc1ccc(C=O)c(C=O)c1C=O. The molecule has 0 heterocycles. The van der Waals surface area contributed by atoms with Gasteiger partial charge in [0.15, 0.2) is 18.9 Å². The molecule has 0 unspecified atom stereocenters. The number of hydrogen-bond donors (Lipinski definition) is 1. The molecule has 1 rings (SSSR count). The van der Waals surface area contributed by atoms with Crippen molar-refractivity contribution in [3.05, 3.63) is 28.8 Å². The summed E-state index contributed by atoms with van der Waals surface area (Å²) in [7, 11) is 0. The Labute approximate surface area is 74.4 Å². The van der Waals surface area contributed by atoms with Gasteiger partial charge in [-0.05, 0) is 12.1 Å². The summed E-state index contributed by atoms with van der Waals surface area (Å²) in [4.78, 5) is 31.5. The summed E-state index contributed by atoms with van der Waals surface area (Å²) >= 11 is 0. The van der Waals surface area contributed by atoms with Crippen LogP contribution in [0.2, 0.25) is 0 Å². The van der Waals surface area contributed by atoms with Crippen molar-refractivity contribution < 1.29 is 14.4 Å². The van der Waals surface area contributed by atoms with Crippen molar-refractivity contribution in [2.45, 2.75) is 0 Å². The molecule has 2 N–H and O–H groups in total. The molecule has 4 nitrogen and oxygen atoms in total. The monoisotopic (exact) mass is 177 g/mol. The predicted octanol–water partition coefficient (Wildman–Crippen LogP) is 0.706. The topological polar surface area (TPSA) is 77.2 Å². The molecule has 0 bridgehead atoms. The largest absolute Gasteiger partial charge is 0.398 e. The van der Waals surface area contributed by atoms with Crippen LogP contribution in [-0.4, -0.2) is 18.9 Å². The van der Waals surface area contributed by atoms with Crippen LogP contribution in [0.25, 0.3) is 0 Å². The maximum Gasteiger partial charge on any atom is 0.152 e. The van der Waals surface area contributed by atoms with Crippen molar-refractivity contribution in [2.24, 2.45) is 0 Å². The molecule has 0 aromatic heterocycles. The van der Waals surface area contributed by atoms with Gasteiger partial charge in [0, 0.05) is 22.4 Å². The van der Waals surface area contributed by atoms with E-state index in [0.29, 0.717) is 18.9 Å². The van der Waals surface area contributed by atoms with Crippen molar-refractivity contribution in [1.29, 1.82) is 0 Å². The van der Waals surface area contributed by atoms with E-state index in [2.05, 4.69) is 0 Å². The van der Waals surface area contributed by atoms with Crippen LogP contribution in [0.15, 0.2) is 12.1 Å². The lowest BCUT2D eigenvalue weighted by molar-refractivity contribution is 0.108. The van der Waals surface area contributed by atoms with E-state index in [4.69, 9.17) is 5.73 Å². The molecule has 0 spiro atoms. The van der Waals surface area contributed by atoms with E-state index in [1.807, 2.05) is 0 Å². The molecule has 1 aromatic carbocycles. The van der Waals surface area contributed by atoms with Crippen molar-refractivity contribution in [2.75, 3.05) is 5.73 Å². The van der Waals surface area contributed by atoms with E-state index in [1.54, 1.807) is 0 Å². The van der Waals surface area contributed by atoms with Gasteiger partial charge in [0.05, 0.1) is 0 Å². The van der Waals surface area contributed by atoms with Gasteiger partial charge in [0.25, 0.3) is 0 Å². The Bertz CT molecular complexity index is 371. The molecule has 0 atom stereocenters. The summed E-state index contributed by atoms with van der Waals surface area (Å²) in [6, 6.07) is 2.82. The molecule has 13 heavy (non-hydrogen) atoms. The molecule has 4 heteroatoms. The number of nitrogens with two attached hydrogens (primary N) is 1. The van der Waals surface area contributed by atoms with Crippen molar-refractivity contribution in [3.8, 4) is 0 Å². The van der Waals surface area contributed by atoms with Crippen LogP contribution in [0, 0.1) is 0 Å². The molecular formula is C9H7NO3. The van der Waals surface area contributed by atoms with Crippen LogP contribution >= 0.6 is 0 Å². The maximum absolute atomic E-state index is 10.5. The number of hydrogen-bond acceptors (Lipinski definition) is 4. The molecule has 0 fully saturated rings. The summed E-state index contributed by atoms with van der Waals surface area (Å²) < 4.78 is 0. The van der Waals surface area contributed by atoms with Crippen LogP contribution in [0.1, 0.15) is 31.1 Å². The van der Waals surface area contributed by atoms with Crippen molar-refractivity contribution in [3.63, 3.8) is 0 Å². The van der Waals surface area contributed by atoms with Gasteiger partial charge in [-0.15, -0.1) is 0 Å². The summed E-state index contributed by atoms with van der Waals surface area (Å²) in [6.45, 7) is 0. The first-order valence-electron chi connectivity index (χ1n) is 3.52. The molecule has 0 saturated carbocycles. The Morgan fingerprint density at radius 3 is 2.00 bits per heavy atom. The molecule has 1 aromatic rings. The summed E-state index contributed by atoms with van der Waals surface area (Å²) in [5.41, 5.74) is 5.91. The molecule has 0 aliphatic heterocycles. The van der Waals surface area contributed by atoms with Crippen LogP contribution in [0.3, 0.4) is 0 Å². The minimum absolute atomic E-state index is 0.0463. The normalized spacial score (nSPS) is 9.23. The highest BCUT2D eigenvalue weighted by molar-refractivity contribution is 6.01. The Hall–Kier alpha value is -1.97. The predicted molar refractivity (Wildman–Crippen MR) is 47.0 cm³/mol. The number of aldehydes is 3. The highest BCUT2D eigenvalue weighted by Gasteiger charge is 2.09. The Morgan fingerprint density at radius 1 is 0.923 bits per heavy atom. The van der Waals surface area contributed by atoms with E-state index in [9.17, 15) is 14.4 Å². The van der Waals surface area contributed by atoms with E-state index < -0.39 is 0 Å². The van der Waals surface area contributed by atoms with Crippen LogP contribution in [0.4, 0.5) is 5.69 Å². The first-order chi connectivity index (χ1) is 6.24. The minimum Gasteiger partial charge on any atom is -0.398 e. The van der Waals surface area contributed by atoms with Gasteiger partial charge in [-0.1, -0.05) is 0 Å². The van der Waals surface area contributed by atoms with Crippen LogP contribution in [0.5, 0.6) is 0 Å². The Kier molecular flexibility index (Phi) is 2.54. The van der Waals surface area contributed by atoms with Gasteiger partial charge in [-0.3, -0.25) is 14.4 Å². The maximum atomic E-state index is 10.5. The van der Waals surface area contributed by atoms with E-state index in [1.165, 1.54) is 12.1 Å². The van der Waals surface area contributed by atoms with Gasteiger partial charge >= 0.3 is 0 Å². The summed E-state index contributed by atoms with van der Waals surface area (Å²) in [5, 5.41) is 0. The first-order valence-corrected chi connectivity index (χ1v) is 3.52.